The van der Waals surface area contributed by atoms with Crippen LogP contribution in [0.3, 0.4) is 0 Å². The van der Waals surface area contributed by atoms with Gasteiger partial charge in [-0.05, 0) is 5.56 Å². The molecule has 0 atom stereocenters. The Morgan fingerprint density at radius 2 is 1.62 bits per heavy atom. The number of nitrogens with one attached hydrogen (secondary N) is 1. The van der Waals surface area contributed by atoms with Gasteiger partial charge in [-0.1, -0.05) is 37.4 Å². The Labute approximate surface area is 78.2 Å². The minimum absolute atomic E-state index is 0.0848. The summed E-state index contributed by atoms with van der Waals surface area (Å²) in [5.41, 5.74) is 2.59. The maximum Gasteiger partial charge on any atom is 0.115 e. The van der Waals surface area contributed by atoms with Crippen molar-refractivity contribution in [2.45, 2.75) is 0 Å². The summed E-state index contributed by atoms with van der Waals surface area (Å²) in [7, 11) is 1.82. The van der Waals surface area contributed by atoms with Crippen molar-refractivity contribution < 1.29 is 5.11 Å². The molecule has 0 saturated carbocycles. The molecule has 0 aliphatic carbocycles. The lowest BCUT2D eigenvalue weighted by Gasteiger charge is -2.05. The minimum Gasteiger partial charge on any atom is -0.508 e. The fraction of sp³-hybridized carbons (Fsp3) is 0.0909. The van der Waals surface area contributed by atoms with E-state index in [1.165, 1.54) is 0 Å². The molecule has 2 nitrogen and oxygen atoms in total. The van der Waals surface area contributed by atoms with Gasteiger partial charge in [0.25, 0.3) is 0 Å². The topological polar surface area (TPSA) is 32.3 Å². The number of hydrogen-bond donors (Lipinski definition) is 2. The van der Waals surface area contributed by atoms with Gasteiger partial charge in [0.15, 0.2) is 0 Å². The summed E-state index contributed by atoms with van der Waals surface area (Å²) in [6.45, 7) is 7.26. The monoisotopic (exact) mass is 175 g/mol. The predicted octanol–water partition coefficient (Wildman–Crippen LogP) is 2.41. The van der Waals surface area contributed by atoms with Gasteiger partial charge in [-0.2, -0.15) is 0 Å². The molecule has 0 heterocycles. The molecule has 0 fully saturated rings. The predicted molar refractivity (Wildman–Crippen MR) is 56.2 cm³/mol. The Morgan fingerprint density at radius 3 is 2.00 bits per heavy atom. The van der Waals surface area contributed by atoms with E-state index in [0.29, 0.717) is 0 Å². The van der Waals surface area contributed by atoms with Gasteiger partial charge < -0.3 is 10.4 Å². The van der Waals surface area contributed by atoms with E-state index < -0.39 is 0 Å². The lowest BCUT2D eigenvalue weighted by Crippen LogP contribution is -2.02. The fourth-order valence-corrected chi connectivity index (χ4v) is 1.01. The molecule has 0 aliphatic heterocycles. The zero-order valence-corrected chi connectivity index (χ0v) is 7.67. The standard InChI is InChI=1S/C11H13NO/c1-8(12-3)10-4-6-11(7-5-10)9(2)13/h4-7,12-13H,1-2H2,3H3. The Balaban J connectivity index is 2.93. The van der Waals surface area contributed by atoms with Crippen molar-refractivity contribution in [3.05, 3.63) is 48.6 Å². The molecule has 2 N–H and O–H groups in total. The van der Waals surface area contributed by atoms with Gasteiger partial charge in [0, 0.05) is 18.3 Å². The normalized spacial score (nSPS) is 9.31. The van der Waals surface area contributed by atoms with Crippen molar-refractivity contribution >= 4 is 11.5 Å². The van der Waals surface area contributed by atoms with Gasteiger partial charge in [0.05, 0.1) is 0 Å². The van der Waals surface area contributed by atoms with Gasteiger partial charge in [-0.25, -0.2) is 0 Å². The molecule has 1 aromatic rings. The van der Waals surface area contributed by atoms with E-state index in [1.807, 2.05) is 19.2 Å². The first-order valence-corrected chi connectivity index (χ1v) is 4.00. The number of rotatable bonds is 3. The van der Waals surface area contributed by atoms with E-state index >= 15 is 0 Å². The second-order valence-electron chi connectivity index (χ2n) is 2.75. The third kappa shape index (κ3) is 2.12. The zero-order chi connectivity index (χ0) is 9.84. The fourth-order valence-electron chi connectivity index (χ4n) is 1.01. The van der Waals surface area contributed by atoms with Crippen molar-refractivity contribution in [3.8, 4) is 0 Å². The molecule has 0 radical (unpaired) electrons. The van der Waals surface area contributed by atoms with Crippen molar-refractivity contribution in [3.63, 3.8) is 0 Å². The van der Waals surface area contributed by atoms with Gasteiger partial charge in [0.1, 0.15) is 5.76 Å². The number of aliphatic hydroxyl groups excluding tert-OH is 1. The lowest BCUT2D eigenvalue weighted by atomic mass is 10.1. The van der Waals surface area contributed by atoms with Crippen LogP contribution in [0.25, 0.3) is 11.5 Å². The van der Waals surface area contributed by atoms with E-state index in [-0.39, 0.29) is 5.76 Å². The van der Waals surface area contributed by atoms with E-state index in [4.69, 9.17) is 5.11 Å². The second-order valence-corrected chi connectivity index (χ2v) is 2.75. The van der Waals surface area contributed by atoms with Gasteiger partial charge in [-0.15, -0.1) is 0 Å². The molecule has 0 bridgehead atoms. The minimum atomic E-state index is 0.0848. The summed E-state index contributed by atoms with van der Waals surface area (Å²) < 4.78 is 0. The smallest absolute Gasteiger partial charge is 0.115 e. The highest BCUT2D eigenvalue weighted by atomic mass is 16.3. The molecule has 0 spiro atoms. The molecule has 1 aromatic carbocycles. The van der Waals surface area contributed by atoms with Crippen molar-refractivity contribution in [1.82, 2.24) is 5.32 Å². The van der Waals surface area contributed by atoms with Gasteiger partial charge in [-0.3, -0.25) is 0 Å². The number of hydrogen-bond acceptors (Lipinski definition) is 2. The summed E-state index contributed by atoms with van der Waals surface area (Å²) in [4.78, 5) is 0. The molecular weight excluding hydrogens is 162 g/mol. The van der Waals surface area contributed by atoms with Crippen LogP contribution in [0.5, 0.6) is 0 Å². The Hall–Kier alpha value is -1.70. The molecule has 2 heteroatoms. The van der Waals surface area contributed by atoms with Crippen molar-refractivity contribution in [2.24, 2.45) is 0 Å². The van der Waals surface area contributed by atoms with Crippen LogP contribution in [0.4, 0.5) is 0 Å². The maximum absolute atomic E-state index is 9.08. The highest BCUT2D eigenvalue weighted by molar-refractivity contribution is 5.64. The largest absolute Gasteiger partial charge is 0.508 e. The summed E-state index contributed by atoms with van der Waals surface area (Å²) >= 11 is 0. The van der Waals surface area contributed by atoms with Gasteiger partial charge in [0.2, 0.25) is 0 Å². The zero-order valence-electron chi connectivity index (χ0n) is 7.67. The second kappa shape index (κ2) is 3.81. The lowest BCUT2D eigenvalue weighted by molar-refractivity contribution is 0.514. The van der Waals surface area contributed by atoms with E-state index in [9.17, 15) is 0 Å². The Kier molecular flexibility index (Phi) is 2.75. The number of benzene rings is 1. The van der Waals surface area contributed by atoms with E-state index in [0.717, 1.165) is 16.8 Å². The van der Waals surface area contributed by atoms with Crippen LogP contribution in [0.1, 0.15) is 11.1 Å². The van der Waals surface area contributed by atoms with Crippen LogP contribution in [0, 0.1) is 0 Å². The quantitative estimate of drug-likeness (QED) is 0.691. The Bertz CT molecular complexity index is 324. The van der Waals surface area contributed by atoms with Crippen LogP contribution in [0.2, 0.25) is 0 Å². The molecule has 0 unspecified atom stereocenters. The molecule has 68 valence electrons. The number of aliphatic hydroxyl groups is 1. The first kappa shape index (κ1) is 9.39. The average molecular weight is 175 g/mol. The molecule has 1 rings (SSSR count). The average Bonchev–Trinajstić information content (AvgIpc) is 2.17. The molecule has 0 saturated heterocycles. The Morgan fingerprint density at radius 1 is 1.15 bits per heavy atom. The van der Waals surface area contributed by atoms with E-state index in [1.54, 1.807) is 12.1 Å². The highest BCUT2D eigenvalue weighted by Gasteiger charge is 1.98. The third-order valence-corrected chi connectivity index (χ3v) is 1.87. The summed E-state index contributed by atoms with van der Waals surface area (Å²) in [6, 6.07) is 7.38. The molecular formula is C11H13NO. The first-order valence-electron chi connectivity index (χ1n) is 4.00. The van der Waals surface area contributed by atoms with Crippen molar-refractivity contribution in [2.75, 3.05) is 7.05 Å². The summed E-state index contributed by atoms with van der Waals surface area (Å²) in [6.07, 6.45) is 0. The SMILES string of the molecule is C=C(O)c1ccc(C(=C)NC)cc1. The summed E-state index contributed by atoms with van der Waals surface area (Å²) in [5.74, 6) is 0.0848. The van der Waals surface area contributed by atoms with E-state index in [2.05, 4.69) is 18.5 Å². The molecule has 13 heavy (non-hydrogen) atoms. The van der Waals surface area contributed by atoms with Crippen LogP contribution >= 0.6 is 0 Å². The molecule has 0 aliphatic rings. The molecule has 0 aromatic heterocycles. The summed E-state index contributed by atoms with van der Waals surface area (Å²) in [5, 5.41) is 12.0. The van der Waals surface area contributed by atoms with Crippen LogP contribution in [-0.4, -0.2) is 12.2 Å². The van der Waals surface area contributed by atoms with Gasteiger partial charge >= 0.3 is 0 Å². The van der Waals surface area contributed by atoms with Crippen LogP contribution < -0.4 is 5.32 Å². The first-order chi connectivity index (χ1) is 6.15. The van der Waals surface area contributed by atoms with Crippen LogP contribution in [0.15, 0.2) is 37.4 Å². The van der Waals surface area contributed by atoms with Crippen LogP contribution in [-0.2, 0) is 0 Å². The molecule has 0 amide bonds. The van der Waals surface area contributed by atoms with Crippen molar-refractivity contribution in [1.29, 1.82) is 0 Å². The highest BCUT2D eigenvalue weighted by Crippen LogP contribution is 2.14. The maximum atomic E-state index is 9.08. The third-order valence-electron chi connectivity index (χ3n) is 1.87.